The summed E-state index contributed by atoms with van der Waals surface area (Å²) in [7, 11) is 3.20. The minimum Gasteiger partial charge on any atom is -0.435 e. The summed E-state index contributed by atoms with van der Waals surface area (Å²) < 4.78 is 5.42. The summed E-state index contributed by atoms with van der Waals surface area (Å²) in [6.45, 7) is 11.0. The Morgan fingerprint density at radius 2 is 1.47 bits per heavy atom. The average molecular weight is 243 g/mol. The Labute approximate surface area is 104 Å². The standard InChI is InChI=1S/C13H25NO3/c1-9(2)10(15)13(6,12(3,4)5)17-11(16)14(7)8/h9H,1-8H3/t13-/m0/s1. The first-order valence-electron chi connectivity index (χ1n) is 5.88. The maximum atomic E-state index is 12.3. The van der Waals surface area contributed by atoms with E-state index in [0.29, 0.717) is 0 Å². The molecule has 0 heterocycles. The van der Waals surface area contributed by atoms with Crippen LogP contribution in [0.4, 0.5) is 4.79 Å². The molecule has 0 aliphatic carbocycles. The lowest BCUT2D eigenvalue weighted by Gasteiger charge is -2.41. The van der Waals surface area contributed by atoms with E-state index in [2.05, 4.69) is 0 Å². The predicted octanol–water partition coefficient (Wildman–Crippen LogP) is 2.71. The number of hydrogen-bond acceptors (Lipinski definition) is 3. The fraction of sp³-hybridized carbons (Fsp3) is 0.846. The van der Waals surface area contributed by atoms with Crippen LogP contribution in [0.25, 0.3) is 0 Å². The van der Waals surface area contributed by atoms with Crippen molar-refractivity contribution >= 4 is 11.9 Å². The zero-order chi connectivity index (χ0) is 14.0. The molecular formula is C13H25NO3. The number of carbonyl (C=O) groups is 2. The molecule has 0 aromatic carbocycles. The Hall–Kier alpha value is -1.06. The van der Waals surface area contributed by atoms with Gasteiger partial charge in [0.25, 0.3) is 0 Å². The maximum absolute atomic E-state index is 12.3. The summed E-state index contributed by atoms with van der Waals surface area (Å²) in [5.74, 6) is -0.227. The number of rotatable bonds is 3. The summed E-state index contributed by atoms with van der Waals surface area (Å²) in [6.07, 6.45) is -0.489. The van der Waals surface area contributed by atoms with Crippen molar-refractivity contribution in [1.82, 2.24) is 4.90 Å². The Morgan fingerprint density at radius 1 is 1.06 bits per heavy atom. The van der Waals surface area contributed by atoms with E-state index in [9.17, 15) is 9.59 Å². The first kappa shape index (κ1) is 15.9. The van der Waals surface area contributed by atoms with Crippen LogP contribution in [0.1, 0.15) is 41.5 Å². The fourth-order valence-electron chi connectivity index (χ4n) is 1.39. The van der Waals surface area contributed by atoms with E-state index in [0.717, 1.165) is 0 Å². The van der Waals surface area contributed by atoms with Gasteiger partial charge >= 0.3 is 6.09 Å². The van der Waals surface area contributed by atoms with Crippen molar-refractivity contribution in [2.75, 3.05) is 14.1 Å². The topological polar surface area (TPSA) is 46.6 Å². The Bertz CT molecular complexity index is 302. The van der Waals surface area contributed by atoms with Crippen molar-refractivity contribution in [3.8, 4) is 0 Å². The minimum atomic E-state index is -1.11. The summed E-state index contributed by atoms with van der Waals surface area (Å²) in [6, 6.07) is 0. The van der Waals surface area contributed by atoms with Gasteiger partial charge in [0, 0.05) is 25.4 Å². The van der Waals surface area contributed by atoms with Crippen molar-refractivity contribution < 1.29 is 14.3 Å². The van der Waals surface area contributed by atoms with Crippen molar-refractivity contribution in [1.29, 1.82) is 0 Å². The van der Waals surface area contributed by atoms with E-state index >= 15 is 0 Å². The van der Waals surface area contributed by atoms with Crippen LogP contribution in [0.2, 0.25) is 0 Å². The van der Waals surface area contributed by atoms with E-state index < -0.39 is 17.1 Å². The quantitative estimate of drug-likeness (QED) is 0.765. The third-order valence-corrected chi connectivity index (χ3v) is 3.08. The van der Waals surface area contributed by atoms with Crippen molar-refractivity contribution in [2.24, 2.45) is 11.3 Å². The van der Waals surface area contributed by atoms with Crippen LogP contribution >= 0.6 is 0 Å². The molecule has 0 fully saturated rings. The second-order valence-corrected chi connectivity index (χ2v) is 6.06. The Kier molecular flexibility index (Phi) is 4.75. The molecule has 0 aliphatic rings. The van der Waals surface area contributed by atoms with Crippen LogP contribution in [0.15, 0.2) is 0 Å². The van der Waals surface area contributed by atoms with Crippen LogP contribution in [0, 0.1) is 11.3 Å². The van der Waals surface area contributed by atoms with Gasteiger partial charge in [-0.1, -0.05) is 34.6 Å². The SMILES string of the molecule is CC(C)C(=O)[C@](C)(OC(=O)N(C)C)C(C)(C)C. The van der Waals surface area contributed by atoms with Gasteiger partial charge < -0.3 is 9.64 Å². The van der Waals surface area contributed by atoms with Gasteiger partial charge in [0.05, 0.1) is 0 Å². The van der Waals surface area contributed by atoms with Gasteiger partial charge in [-0.2, -0.15) is 0 Å². The molecule has 0 saturated carbocycles. The summed E-state index contributed by atoms with van der Waals surface area (Å²) in [5, 5.41) is 0. The molecule has 0 unspecified atom stereocenters. The van der Waals surface area contributed by atoms with Gasteiger partial charge in [0.2, 0.25) is 0 Å². The average Bonchev–Trinajstić information content (AvgIpc) is 2.13. The molecule has 4 nitrogen and oxygen atoms in total. The molecule has 0 radical (unpaired) electrons. The van der Waals surface area contributed by atoms with Gasteiger partial charge in [-0.3, -0.25) is 4.79 Å². The van der Waals surface area contributed by atoms with Crippen LogP contribution in [-0.2, 0) is 9.53 Å². The molecular weight excluding hydrogens is 218 g/mol. The molecule has 0 bridgehead atoms. The lowest BCUT2D eigenvalue weighted by Crippen LogP contribution is -2.53. The summed E-state index contributed by atoms with van der Waals surface area (Å²) >= 11 is 0. The van der Waals surface area contributed by atoms with Gasteiger partial charge in [-0.05, 0) is 6.92 Å². The van der Waals surface area contributed by atoms with Gasteiger partial charge in [0.1, 0.15) is 0 Å². The monoisotopic (exact) mass is 243 g/mol. The van der Waals surface area contributed by atoms with Crippen LogP contribution in [0.3, 0.4) is 0 Å². The van der Waals surface area contributed by atoms with E-state index in [1.54, 1.807) is 21.0 Å². The number of nitrogens with zero attached hydrogens (tertiary/aromatic N) is 1. The number of Topliss-reactive ketones (excluding diaryl/α,β-unsaturated/α-hetero) is 1. The second kappa shape index (κ2) is 5.07. The first-order chi connectivity index (χ1) is 7.43. The highest BCUT2D eigenvalue weighted by atomic mass is 16.6. The third kappa shape index (κ3) is 3.45. The van der Waals surface area contributed by atoms with Gasteiger partial charge in [-0.15, -0.1) is 0 Å². The predicted molar refractivity (Wildman–Crippen MR) is 67.9 cm³/mol. The molecule has 0 aliphatic heterocycles. The molecule has 0 spiro atoms. The molecule has 0 saturated heterocycles. The lowest BCUT2D eigenvalue weighted by atomic mass is 9.72. The Balaban J connectivity index is 5.28. The molecule has 0 aromatic heterocycles. The highest BCUT2D eigenvalue weighted by Crippen LogP contribution is 2.36. The highest BCUT2D eigenvalue weighted by molar-refractivity contribution is 5.91. The van der Waals surface area contributed by atoms with Crippen LogP contribution in [0.5, 0.6) is 0 Å². The van der Waals surface area contributed by atoms with Gasteiger partial charge in [0.15, 0.2) is 11.4 Å². The van der Waals surface area contributed by atoms with Crippen molar-refractivity contribution in [3.05, 3.63) is 0 Å². The van der Waals surface area contributed by atoms with Crippen molar-refractivity contribution in [2.45, 2.75) is 47.1 Å². The van der Waals surface area contributed by atoms with Gasteiger partial charge in [-0.25, -0.2) is 4.79 Å². The molecule has 1 atom stereocenters. The Morgan fingerprint density at radius 3 is 1.71 bits per heavy atom. The minimum absolute atomic E-state index is 0.0554. The molecule has 1 amide bonds. The normalized spacial score (nSPS) is 15.4. The van der Waals surface area contributed by atoms with Crippen LogP contribution < -0.4 is 0 Å². The summed E-state index contributed by atoms with van der Waals surface area (Å²) in [4.78, 5) is 25.3. The molecule has 17 heavy (non-hydrogen) atoms. The molecule has 4 heteroatoms. The maximum Gasteiger partial charge on any atom is 0.410 e. The van der Waals surface area contributed by atoms with Crippen LogP contribution in [-0.4, -0.2) is 36.5 Å². The lowest BCUT2D eigenvalue weighted by molar-refractivity contribution is -0.151. The highest BCUT2D eigenvalue weighted by Gasteiger charge is 2.48. The van der Waals surface area contributed by atoms with E-state index in [1.165, 1.54) is 4.90 Å². The first-order valence-corrected chi connectivity index (χ1v) is 5.88. The van der Waals surface area contributed by atoms with E-state index in [1.807, 2.05) is 34.6 Å². The number of ether oxygens (including phenoxy) is 1. The molecule has 0 aromatic rings. The number of carbonyl (C=O) groups excluding carboxylic acids is 2. The second-order valence-electron chi connectivity index (χ2n) is 6.06. The number of amides is 1. The zero-order valence-corrected chi connectivity index (χ0v) is 12.2. The zero-order valence-electron chi connectivity index (χ0n) is 12.2. The van der Waals surface area contributed by atoms with Crippen molar-refractivity contribution in [3.63, 3.8) is 0 Å². The molecule has 100 valence electrons. The fourth-order valence-corrected chi connectivity index (χ4v) is 1.39. The smallest absolute Gasteiger partial charge is 0.410 e. The van der Waals surface area contributed by atoms with E-state index in [4.69, 9.17) is 4.74 Å². The summed E-state index contributed by atoms with van der Waals surface area (Å²) in [5.41, 5.74) is -1.55. The van der Waals surface area contributed by atoms with E-state index in [-0.39, 0.29) is 11.7 Å². The third-order valence-electron chi connectivity index (χ3n) is 3.08. The number of hydrogen-bond donors (Lipinski definition) is 0. The largest absolute Gasteiger partial charge is 0.435 e. The number of ketones is 1. The molecule has 0 N–H and O–H groups in total. The molecule has 0 rings (SSSR count).